The predicted molar refractivity (Wildman–Crippen MR) is 62.6 cm³/mol. The van der Waals surface area contributed by atoms with Gasteiger partial charge in [0.1, 0.15) is 5.75 Å². The van der Waals surface area contributed by atoms with Crippen molar-refractivity contribution in [2.75, 3.05) is 7.11 Å². The van der Waals surface area contributed by atoms with Crippen LogP contribution in [0.15, 0.2) is 24.3 Å². The molecule has 0 saturated carbocycles. The fourth-order valence-corrected chi connectivity index (χ4v) is 1.48. The Bertz CT molecular complexity index is 417. The minimum atomic E-state index is -1.20. The highest BCUT2D eigenvalue weighted by atomic mass is 16.5. The number of Topliss-reactive ketones (excluding diaryl/α,β-unsaturated/α-hetero) is 1. The van der Waals surface area contributed by atoms with Gasteiger partial charge < -0.3 is 15.2 Å². The molecule has 1 aromatic carbocycles. The van der Waals surface area contributed by atoms with Gasteiger partial charge in [0, 0.05) is 5.56 Å². The molecule has 0 bridgehead atoms. The molecule has 5 nitrogen and oxygen atoms in total. The average Bonchev–Trinajstić information content (AvgIpc) is 2.35. The van der Waals surface area contributed by atoms with Crippen LogP contribution in [0.2, 0.25) is 0 Å². The Morgan fingerprint density at radius 1 is 1.47 bits per heavy atom. The number of benzene rings is 1. The third-order valence-electron chi connectivity index (χ3n) is 2.38. The summed E-state index contributed by atoms with van der Waals surface area (Å²) in [7, 11) is 1.51. The molecule has 17 heavy (non-hydrogen) atoms. The van der Waals surface area contributed by atoms with Crippen molar-refractivity contribution >= 4 is 11.9 Å². The summed E-state index contributed by atoms with van der Waals surface area (Å²) in [6.07, 6.45) is -0.796. The Morgan fingerprint density at radius 3 is 2.71 bits per heavy atom. The largest absolute Gasteiger partial charge is 0.497 e. The molecule has 0 aliphatic rings. The van der Waals surface area contributed by atoms with Crippen LogP contribution in [-0.2, 0) is 0 Å². The molecule has 0 aliphatic carbocycles. The predicted octanol–water partition coefficient (Wildman–Crippen LogP) is 1.92. The van der Waals surface area contributed by atoms with Crippen LogP contribution >= 0.6 is 0 Å². The number of ketones is 1. The van der Waals surface area contributed by atoms with Gasteiger partial charge in [-0.05, 0) is 18.6 Å². The van der Waals surface area contributed by atoms with Gasteiger partial charge in [0.15, 0.2) is 5.78 Å². The molecular weight excluding hydrogens is 222 g/mol. The molecule has 1 aromatic rings. The van der Waals surface area contributed by atoms with Gasteiger partial charge in [0.2, 0.25) is 0 Å². The van der Waals surface area contributed by atoms with E-state index in [1.807, 2.05) is 0 Å². The Morgan fingerprint density at radius 2 is 2.18 bits per heavy atom. The van der Waals surface area contributed by atoms with Gasteiger partial charge in [0.25, 0.3) is 0 Å². The van der Waals surface area contributed by atoms with Crippen molar-refractivity contribution < 1.29 is 19.4 Å². The zero-order chi connectivity index (χ0) is 12.8. The molecule has 0 heterocycles. The fourth-order valence-electron chi connectivity index (χ4n) is 1.48. The summed E-state index contributed by atoms with van der Waals surface area (Å²) in [6.45, 7) is 1.75. The van der Waals surface area contributed by atoms with Gasteiger partial charge in [-0.3, -0.25) is 4.79 Å². The summed E-state index contributed by atoms with van der Waals surface area (Å²) >= 11 is 0. The molecule has 0 spiro atoms. The maximum absolute atomic E-state index is 12.0. The zero-order valence-corrected chi connectivity index (χ0v) is 9.77. The molecule has 1 atom stereocenters. The molecule has 92 valence electrons. The lowest BCUT2D eigenvalue weighted by atomic mass is 10.0. The summed E-state index contributed by atoms with van der Waals surface area (Å²) in [6, 6.07) is 5.92. The standard InChI is InChI=1S/C12H15NO4/c1-3-10(13-12(15)16)11(14)8-5-4-6-9(7-8)17-2/h4-7,10,13H,3H2,1-2H3,(H,15,16). The summed E-state index contributed by atoms with van der Waals surface area (Å²) in [4.78, 5) is 22.5. The van der Waals surface area contributed by atoms with Crippen molar-refractivity contribution in [3.63, 3.8) is 0 Å². The van der Waals surface area contributed by atoms with E-state index < -0.39 is 12.1 Å². The lowest BCUT2D eigenvalue weighted by Gasteiger charge is -2.13. The van der Waals surface area contributed by atoms with Crippen LogP contribution in [-0.4, -0.2) is 30.1 Å². The molecule has 0 saturated heterocycles. The van der Waals surface area contributed by atoms with Crippen LogP contribution in [0.25, 0.3) is 0 Å². The van der Waals surface area contributed by atoms with Crippen molar-refractivity contribution in [1.29, 1.82) is 0 Å². The van der Waals surface area contributed by atoms with Gasteiger partial charge in [-0.15, -0.1) is 0 Å². The number of hydrogen-bond donors (Lipinski definition) is 2. The molecule has 0 fully saturated rings. The second kappa shape index (κ2) is 5.89. The highest BCUT2D eigenvalue weighted by molar-refractivity contribution is 6.01. The Hall–Kier alpha value is -2.04. The van der Waals surface area contributed by atoms with Gasteiger partial charge in [-0.1, -0.05) is 19.1 Å². The Kier molecular flexibility index (Phi) is 4.51. The van der Waals surface area contributed by atoms with Crippen LogP contribution in [0, 0.1) is 0 Å². The van der Waals surface area contributed by atoms with E-state index in [2.05, 4.69) is 5.32 Å². The van der Waals surface area contributed by atoms with E-state index in [-0.39, 0.29) is 5.78 Å². The summed E-state index contributed by atoms with van der Waals surface area (Å²) in [5, 5.41) is 10.8. The average molecular weight is 237 g/mol. The highest BCUT2D eigenvalue weighted by Gasteiger charge is 2.20. The monoisotopic (exact) mass is 237 g/mol. The third kappa shape index (κ3) is 3.48. The summed E-state index contributed by atoms with van der Waals surface area (Å²) < 4.78 is 5.01. The fraction of sp³-hybridized carbons (Fsp3) is 0.333. The van der Waals surface area contributed by atoms with Crippen molar-refractivity contribution in [3.8, 4) is 5.75 Å². The topological polar surface area (TPSA) is 75.6 Å². The molecule has 1 amide bonds. The second-order valence-corrected chi connectivity index (χ2v) is 3.51. The van der Waals surface area contributed by atoms with Crippen LogP contribution in [0.3, 0.4) is 0 Å². The number of carbonyl (C=O) groups is 2. The summed E-state index contributed by atoms with van der Waals surface area (Å²) in [5.74, 6) is 0.315. The van der Waals surface area contributed by atoms with Crippen molar-refractivity contribution in [3.05, 3.63) is 29.8 Å². The number of hydrogen-bond acceptors (Lipinski definition) is 3. The lowest BCUT2D eigenvalue weighted by molar-refractivity contribution is 0.0934. The third-order valence-corrected chi connectivity index (χ3v) is 2.38. The number of ether oxygens (including phenoxy) is 1. The van der Waals surface area contributed by atoms with Gasteiger partial charge in [0.05, 0.1) is 13.2 Å². The van der Waals surface area contributed by atoms with Crippen LogP contribution in [0.4, 0.5) is 4.79 Å². The van der Waals surface area contributed by atoms with Crippen molar-refractivity contribution in [2.45, 2.75) is 19.4 Å². The maximum Gasteiger partial charge on any atom is 0.405 e. The number of nitrogens with one attached hydrogen (secondary N) is 1. The minimum absolute atomic E-state index is 0.256. The molecule has 2 N–H and O–H groups in total. The first-order valence-electron chi connectivity index (χ1n) is 5.26. The highest BCUT2D eigenvalue weighted by Crippen LogP contribution is 2.14. The Labute approximate surface area is 99.4 Å². The smallest absolute Gasteiger partial charge is 0.405 e. The van der Waals surface area contributed by atoms with E-state index in [1.54, 1.807) is 31.2 Å². The van der Waals surface area contributed by atoms with E-state index in [0.717, 1.165) is 0 Å². The first kappa shape index (κ1) is 13.0. The summed E-state index contributed by atoms with van der Waals surface area (Å²) in [5.41, 5.74) is 0.435. The number of rotatable bonds is 5. The van der Waals surface area contributed by atoms with Gasteiger partial charge in [-0.2, -0.15) is 0 Å². The Balaban J connectivity index is 2.89. The maximum atomic E-state index is 12.0. The quantitative estimate of drug-likeness (QED) is 0.767. The van der Waals surface area contributed by atoms with E-state index in [4.69, 9.17) is 9.84 Å². The first-order valence-corrected chi connectivity index (χ1v) is 5.26. The lowest BCUT2D eigenvalue weighted by Crippen LogP contribution is -2.39. The van der Waals surface area contributed by atoms with Crippen LogP contribution < -0.4 is 10.1 Å². The van der Waals surface area contributed by atoms with E-state index in [1.165, 1.54) is 7.11 Å². The SMILES string of the molecule is CCC(NC(=O)O)C(=O)c1cccc(OC)c1. The van der Waals surface area contributed by atoms with Crippen molar-refractivity contribution in [2.24, 2.45) is 0 Å². The number of carboxylic acid groups (broad SMARTS) is 1. The molecule has 1 rings (SSSR count). The normalized spacial score (nSPS) is 11.6. The van der Waals surface area contributed by atoms with Gasteiger partial charge >= 0.3 is 6.09 Å². The number of carbonyl (C=O) groups excluding carboxylic acids is 1. The molecule has 0 aromatic heterocycles. The molecule has 5 heteroatoms. The number of amides is 1. The van der Waals surface area contributed by atoms with E-state index in [0.29, 0.717) is 17.7 Å². The first-order chi connectivity index (χ1) is 8.08. The minimum Gasteiger partial charge on any atom is -0.497 e. The number of methoxy groups -OCH3 is 1. The molecular formula is C12H15NO4. The van der Waals surface area contributed by atoms with Crippen LogP contribution in [0.5, 0.6) is 5.75 Å². The molecule has 0 aliphatic heterocycles. The van der Waals surface area contributed by atoms with E-state index >= 15 is 0 Å². The van der Waals surface area contributed by atoms with E-state index in [9.17, 15) is 9.59 Å². The molecule has 0 radical (unpaired) electrons. The van der Waals surface area contributed by atoms with Gasteiger partial charge in [-0.25, -0.2) is 4.79 Å². The molecule has 1 unspecified atom stereocenters. The van der Waals surface area contributed by atoms with Crippen molar-refractivity contribution in [1.82, 2.24) is 5.32 Å². The zero-order valence-electron chi connectivity index (χ0n) is 9.77. The second-order valence-electron chi connectivity index (χ2n) is 3.51. The van der Waals surface area contributed by atoms with Crippen LogP contribution in [0.1, 0.15) is 23.7 Å².